The second-order valence-corrected chi connectivity index (χ2v) is 5.46. The summed E-state index contributed by atoms with van der Waals surface area (Å²) in [6.07, 6.45) is 0. The number of amides is 1. The fourth-order valence-corrected chi connectivity index (χ4v) is 2.10. The van der Waals surface area contributed by atoms with Gasteiger partial charge in [-0.1, -0.05) is 11.6 Å². The number of methoxy groups -OCH3 is 1. The first-order valence-electron chi connectivity index (χ1n) is 5.50. The van der Waals surface area contributed by atoms with E-state index >= 15 is 0 Å². The molecule has 0 aromatic heterocycles. The molecule has 1 amide bonds. The van der Waals surface area contributed by atoms with Crippen molar-refractivity contribution in [1.82, 2.24) is 0 Å². The lowest BCUT2D eigenvalue weighted by Crippen LogP contribution is -2.11. The fraction of sp³-hybridized carbons (Fsp3) is 0.0714. The first-order chi connectivity index (χ1) is 9.10. The van der Waals surface area contributed by atoms with Crippen LogP contribution in [0.25, 0.3) is 0 Å². The molecular formula is C14H11ClINO2. The van der Waals surface area contributed by atoms with E-state index < -0.39 is 0 Å². The predicted molar refractivity (Wildman–Crippen MR) is 85.1 cm³/mol. The number of rotatable bonds is 3. The lowest BCUT2D eigenvalue weighted by atomic mass is 10.2. The molecule has 2 aromatic rings. The average Bonchev–Trinajstić information content (AvgIpc) is 2.41. The summed E-state index contributed by atoms with van der Waals surface area (Å²) in [6, 6.07) is 12.4. The second kappa shape index (κ2) is 6.25. The van der Waals surface area contributed by atoms with Crippen molar-refractivity contribution >= 4 is 45.8 Å². The third-order valence-electron chi connectivity index (χ3n) is 2.52. The van der Waals surface area contributed by atoms with Crippen LogP contribution in [0.15, 0.2) is 42.5 Å². The Balaban J connectivity index is 2.17. The van der Waals surface area contributed by atoms with Gasteiger partial charge in [-0.25, -0.2) is 0 Å². The van der Waals surface area contributed by atoms with E-state index in [4.69, 9.17) is 16.3 Å². The largest absolute Gasteiger partial charge is 0.495 e. The molecule has 19 heavy (non-hydrogen) atoms. The molecule has 2 aromatic carbocycles. The van der Waals surface area contributed by atoms with Gasteiger partial charge in [0.1, 0.15) is 5.75 Å². The summed E-state index contributed by atoms with van der Waals surface area (Å²) in [5.41, 5.74) is 1.25. The molecule has 0 aliphatic carbocycles. The van der Waals surface area contributed by atoms with Crippen LogP contribution in [0.3, 0.4) is 0 Å². The minimum absolute atomic E-state index is 0.166. The summed E-state index contributed by atoms with van der Waals surface area (Å²) in [5.74, 6) is 0.364. The van der Waals surface area contributed by atoms with E-state index in [9.17, 15) is 4.79 Å². The Kier molecular flexibility index (Phi) is 4.66. The number of nitrogens with one attached hydrogen (secondary N) is 1. The molecule has 0 heterocycles. The van der Waals surface area contributed by atoms with Gasteiger partial charge in [-0.15, -0.1) is 0 Å². The summed E-state index contributed by atoms with van der Waals surface area (Å²) in [7, 11) is 1.53. The summed E-state index contributed by atoms with van der Waals surface area (Å²) in [6.45, 7) is 0. The van der Waals surface area contributed by atoms with Gasteiger partial charge >= 0.3 is 0 Å². The number of benzene rings is 2. The van der Waals surface area contributed by atoms with Crippen LogP contribution in [0, 0.1) is 3.57 Å². The van der Waals surface area contributed by atoms with Gasteiger partial charge in [0, 0.05) is 20.9 Å². The van der Waals surface area contributed by atoms with E-state index in [1.54, 1.807) is 30.3 Å². The van der Waals surface area contributed by atoms with Gasteiger partial charge in [0.25, 0.3) is 5.91 Å². The molecule has 0 spiro atoms. The molecule has 0 saturated heterocycles. The smallest absolute Gasteiger partial charge is 0.255 e. The van der Waals surface area contributed by atoms with E-state index in [2.05, 4.69) is 27.9 Å². The van der Waals surface area contributed by atoms with E-state index in [1.165, 1.54) is 7.11 Å². The molecule has 0 aliphatic rings. The van der Waals surface area contributed by atoms with Gasteiger partial charge < -0.3 is 10.1 Å². The Labute approximate surface area is 130 Å². The van der Waals surface area contributed by atoms with Crippen molar-refractivity contribution in [2.24, 2.45) is 0 Å². The molecule has 1 N–H and O–H groups in total. The predicted octanol–water partition coefficient (Wildman–Crippen LogP) is 4.21. The zero-order valence-corrected chi connectivity index (χ0v) is 13.0. The van der Waals surface area contributed by atoms with Crippen LogP contribution in [0.4, 0.5) is 5.69 Å². The van der Waals surface area contributed by atoms with Gasteiger partial charge in [0.2, 0.25) is 0 Å². The number of carbonyl (C=O) groups excluding carboxylic acids is 1. The molecule has 0 bridgehead atoms. The number of hydrogen-bond donors (Lipinski definition) is 1. The van der Waals surface area contributed by atoms with Crippen molar-refractivity contribution in [1.29, 1.82) is 0 Å². The summed E-state index contributed by atoms with van der Waals surface area (Å²) < 4.78 is 6.19. The van der Waals surface area contributed by atoms with Crippen molar-refractivity contribution in [3.63, 3.8) is 0 Å². The fourth-order valence-electron chi connectivity index (χ4n) is 1.54. The Bertz CT molecular complexity index is 599. The highest BCUT2D eigenvalue weighted by atomic mass is 127. The molecule has 0 saturated carbocycles. The Morgan fingerprint density at radius 1 is 1.21 bits per heavy atom. The summed E-state index contributed by atoms with van der Waals surface area (Å²) >= 11 is 8.12. The topological polar surface area (TPSA) is 38.3 Å². The second-order valence-electron chi connectivity index (χ2n) is 3.81. The number of hydrogen-bond acceptors (Lipinski definition) is 2. The zero-order chi connectivity index (χ0) is 13.8. The summed E-state index contributed by atoms with van der Waals surface area (Å²) in [5, 5.41) is 3.31. The standard InChI is InChI=1S/C14H11ClINO2/c1-19-13-8-11(6-7-12(13)15)17-14(18)9-2-4-10(16)5-3-9/h2-8H,1H3,(H,17,18). The van der Waals surface area contributed by atoms with Crippen LogP contribution in [-0.2, 0) is 0 Å². The highest BCUT2D eigenvalue weighted by Gasteiger charge is 2.08. The average molecular weight is 388 g/mol. The van der Waals surface area contributed by atoms with Crippen molar-refractivity contribution in [3.8, 4) is 5.75 Å². The molecule has 0 unspecified atom stereocenters. The van der Waals surface area contributed by atoms with E-state index in [0.29, 0.717) is 22.0 Å². The van der Waals surface area contributed by atoms with Crippen molar-refractivity contribution < 1.29 is 9.53 Å². The molecular weight excluding hydrogens is 377 g/mol. The van der Waals surface area contributed by atoms with Gasteiger partial charge in [-0.05, 0) is 59.0 Å². The molecule has 2 rings (SSSR count). The molecule has 0 atom stereocenters. The van der Waals surface area contributed by atoms with Gasteiger partial charge in [-0.3, -0.25) is 4.79 Å². The molecule has 0 radical (unpaired) electrons. The normalized spacial score (nSPS) is 10.1. The minimum atomic E-state index is -0.166. The van der Waals surface area contributed by atoms with E-state index in [1.807, 2.05) is 12.1 Å². The van der Waals surface area contributed by atoms with Crippen molar-refractivity contribution in [2.75, 3.05) is 12.4 Å². The quantitative estimate of drug-likeness (QED) is 0.802. The Hall–Kier alpha value is -1.27. The Morgan fingerprint density at radius 3 is 2.53 bits per heavy atom. The lowest BCUT2D eigenvalue weighted by molar-refractivity contribution is 0.102. The van der Waals surface area contributed by atoms with Crippen LogP contribution < -0.4 is 10.1 Å². The number of anilines is 1. The third-order valence-corrected chi connectivity index (χ3v) is 3.55. The first-order valence-corrected chi connectivity index (χ1v) is 6.96. The Morgan fingerprint density at radius 2 is 1.89 bits per heavy atom. The number of carbonyl (C=O) groups is 1. The maximum atomic E-state index is 12.0. The molecule has 98 valence electrons. The minimum Gasteiger partial charge on any atom is -0.495 e. The highest BCUT2D eigenvalue weighted by molar-refractivity contribution is 14.1. The summed E-state index contributed by atoms with van der Waals surface area (Å²) in [4.78, 5) is 12.0. The first kappa shape index (κ1) is 14.1. The van der Waals surface area contributed by atoms with Gasteiger partial charge in [-0.2, -0.15) is 0 Å². The monoisotopic (exact) mass is 387 g/mol. The highest BCUT2D eigenvalue weighted by Crippen LogP contribution is 2.27. The van der Waals surface area contributed by atoms with Gasteiger partial charge in [0.15, 0.2) is 0 Å². The molecule has 3 nitrogen and oxygen atoms in total. The SMILES string of the molecule is COc1cc(NC(=O)c2ccc(I)cc2)ccc1Cl. The van der Waals surface area contributed by atoms with E-state index in [-0.39, 0.29) is 5.91 Å². The maximum absolute atomic E-state index is 12.0. The maximum Gasteiger partial charge on any atom is 0.255 e. The number of ether oxygens (including phenoxy) is 1. The van der Waals surface area contributed by atoms with Crippen LogP contribution in [0.1, 0.15) is 10.4 Å². The molecule has 0 aliphatic heterocycles. The van der Waals surface area contributed by atoms with Gasteiger partial charge in [0.05, 0.1) is 12.1 Å². The van der Waals surface area contributed by atoms with Crippen LogP contribution in [0.5, 0.6) is 5.75 Å². The van der Waals surface area contributed by atoms with Crippen molar-refractivity contribution in [2.45, 2.75) is 0 Å². The third kappa shape index (κ3) is 3.61. The van der Waals surface area contributed by atoms with E-state index in [0.717, 1.165) is 3.57 Å². The molecule has 0 fully saturated rings. The lowest BCUT2D eigenvalue weighted by Gasteiger charge is -2.08. The molecule has 5 heteroatoms. The van der Waals surface area contributed by atoms with Crippen LogP contribution >= 0.6 is 34.2 Å². The van der Waals surface area contributed by atoms with Crippen LogP contribution in [0.2, 0.25) is 5.02 Å². The number of halogens is 2. The van der Waals surface area contributed by atoms with Crippen molar-refractivity contribution in [3.05, 3.63) is 56.6 Å². The zero-order valence-electron chi connectivity index (χ0n) is 10.1. The van der Waals surface area contributed by atoms with Crippen LogP contribution in [-0.4, -0.2) is 13.0 Å².